The minimum Gasteiger partial charge on any atom is -0.398 e. The third-order valence-electron chi connectivity index (χ3n) is 3.63. The number of imidazole rings is 1. The molecule has 1 aliphatic heterocycles. The molecule has 0 aliphatic carbocycles. The first-order valence-electron chi connectivity index (χ1n) is 6.28. The Morgan fingerprint density at radius 1 is 1.42 bits per heavy atom. The van der Waals surface area contributed by atoms with Gasteiger partial charge >= 0.3 is 0 Å². The number of benzene rings is 1. The fourth-order valence-electron chi connectivity index (χ4n) is 2.51. The van der Waals surface area contributed by atoms with Gasteiger partial charge in [-0.25, -0.2) is 4.98 Å². The van der Waals surface area contributed by atoms with E-state index in [0.29, 0.717) is 12.2 Å². The van der Waals surface area contributed by atoms with Crippen LogP contribution >= 0.6 is 0 Å². The highest BCUT2D eigenvalue weighted by Gasteiger charge is 2.24. The lowest BCUT2D eigenvalue weighted by atomic mass is 9.98. The Kier molecular flexibility index (Phi) is 2.74. The van der Waals surface area contributed by atoms with E-state index in [1.54, 1.807) is 17.1 Å². The van der Waals surface area contributed by atoms with Crippen molar-refractivity contribution in [1.29, 1.82) is 0 Å². The second-order valence-corrected chi connectivity index (χ2v) is 4.85. The lowest BCUT2D eigenvalue weighted by molar-refractivity contribution is 0.0725. The van der Waals surface area contributed by atoms with E-state index in [1.807, 2.05) is 24.1 Å². The second-order valence-electron chi connectivity index (χ2n) is 4.85. The second kappa shape index (κ2) is 4.42. The van der Waals surface area contributed by atoms with Gasteiger partial charge in [-0.1, -0.05) is 12.1 Å². The molecule has 19 heavy (non-hydrogen) atoms. The molecular formula is C14H16N4O. The summed E-state index contributed by atoms with van der Waals surface area (Å²) in [5, 5.41) is 0. The smallest absolute Gasteiger partial charge is 0.272 e. The number of hydrogen-bond donors (Lipinski definition) is 1. The third-order valence-corrected chi connectivity index (χ3v) is 3.63. The van der Waals surface area contributed by atoms with Gasteiger partial charge < -0.3 is 15.2 Å². The number of nitrogens with zero attached hydrogens (tertiary/aromatic N) is 3. The van der Waals surface area contributed by atoms with Gasteiger partial charge in [-0.15, -0.1) is 0 Å². The van der Waals surface area contributed by atoms with Gasteiger partial charge in [0.15, 0.2) is 0 Å². The van der Waals surface area contributed by atoms with Gasteiger partial charge in [0.1, 0.15) is 5.69 Å². The van der Waals surface area contributed by atoms with E-state index in [0.717, 1.165) is 24.2 Å². The fraction of sp³-hybridized carbons (Fsp3) is 0.286. The number of fused-ring (bicyclic) bond motifs is 1. The largest absolute Gasteiger partial charge is 0.398 e. The van der Waals surface area contributed by atoms with Gasteiger partial charge in [0, 0.05) is 25.8 Å². The summed E-state index contributed by atoms with van der Waals surface area (Å²) in [6.07, 6.45) is 4.09. The SMILES string of the molecule is Cn1cncc1C(=O)N1CCc2cccc(N)c2C1. The highest BCUT2D eigenvalue weighted by atomic mass is 16.2. The van der Waals surface area contributed by atoms with Crippen molar-refractivity contribution in [3.05, 3.63) is 47.5 Å². The van der Waals surface area contributed by atoms with Crippen molar-refractivity contribution in [2.45, 2.75) is 13.0 Å². The van der Waals surface area contributed by atoms with E-state index >= 15 is 0 Å². The Bertz CT molecular complexity index is 632. The topological polar surface area (TPSA) is 64.2 Å². The van der Waals surface area contributed by atoms with Crippen LogP contribution in [0.25, 0.3) is 0 Å². The Labute approximate surface area is 111 Å². The number of nitrogens with two attached hydrogens (primary N) is 1. The summed E-state index contributed by atoms with van der Waals surface area (Å²) in [5.74, 6) is 0.00824. The molecule has 3 rings (SSSR count). The van der Waals surface area contributed by atoms with Crippen LogP contribution in [0.2, 0.25) is 0 Å². The summed E-state index contributed by atoms with van der Waals surface area (Å²) in [6, 6.07) is 5.93. The van der Waals surface area contributed by atoms with Gasteiger partial charge in [-0.3, -0.25) is 4.79 Å². The molecule has 2 N–H and O–H groups in total. The minimum absolute atomic E-state index is 0.00824. The molecule has 5 heteroatoms. The maximum absolute atomic E-state index is 12.4. The number of hydrogen-bond acceptors (Lipinski definition) is 3. The van der Waals surface area contributed by atoms with Crippen molar-refractivity contribution in [3.63, 3.8) is 0 Å². The number of anilines is 1. The Morgan fingerprint density at radius 3 is 3.00 bits per heavy atom. The lowest BCUT2D eigenvalue weighted by Crippen LogP contribution is -2.37. The van der Waals surface area contributed by atoms with Gasteiger partial charge in [0.05, 0.1) is 12.5 Å². The van der Waals surface area contributed by atoms with Crippen molar-refractivity contribution in [2.75, 3.05) is 12.3 Å². The first-order valence-corrected chi connectivity index (χ1v) is 6.28. The summed E-state index contributed by atoms with van der Waals surface area (Å²) >= 11 is 0. The van der Waals surface area contributed by atoms with Crippen molar-refractivity contribution in [1.82, 2.24) is 14.5 Å². The molecule has 0 saturated heterocycles. The highest BCUT2D eigenvalue weighted by Crippen LogP contribution is 2.25. The number of aryl methyl sites for hydroxylation is 1. The van der Waals surface area contributed by atoms with Crippen LogP contribution < -0.4 is 5.73 Å². The number of rotatable bonds is 1. The van der Waals surface area contributed by atoms with E-state index < -0.39 is 0 Å². The molecule has 0 atom stereocenters. The predicted molar refractivity (Wildman–Crippen MR) is 72.5 cm³/mol. The lowest BCUT2D eigenvalue weighted by Gasteiger charge is -2.29. The Hall–Kier alpha value is -2.30. The molecule has 1 aromatic carbocycles. The predicted octanol–water partition coefficient (Wildman–Crippen LogP) is 1.20. The molecule has 0 spiro atoms. The summed E-state index contributed by atoms with van der Waals surface area (Å²) in [6.45, 7) is 1.30. The van der Waals surface area contributed by atoms with E-state index in [4.69, 9.17) is 5.73 Å². The molecule has 0 fully saturated rings. The van der Waals surface area contributed by atoms with Gasteiger partial charge in [0.25, 0.3) is 5.91 Å². The highest BCUT2D eigenvalue weighted by molar-refractivity contribution is 5.92. The van der Waals surface area contributed by atoms with E-state index in [9.17, 15) is 4.79 Å². The average Bonchev–Trinajstić information content (AvgIpc) is 2.84. The third kappa shape index (κ3) is 1.97. The van der Waals surface area contributed by atoms with Crippen LogP contribution in [0.15, 0.2) is 30.7 Å². The van der Waals surface area contributed by atoms with Crippen molar-refractivity contribution >= 4 is 11.6 Å². The monoisotopic (exact) mass is 256 g/mol. The fourth-order valence-corrected chi connectivity index (χ4v) is 2.51. The minimum atomic E-state index is 0.00824. The molecule has 2 heterocycles. The molecule has 98 valence electrons. The van der Waals surface area contributed by atoms with Crippen LogP contribution in [-0.4, -0.2) is 26.9 Å². The zero-order valence-electron chi connectivity index (χ0n) is 10.8. The standard InChI is InChI=1S/C14H16N4O/c1-17-9-16-7-13(17)14(19)18-6-5-10-3-2-4-12(15)11(10)8-18/h2-4,7,9H,5-6,8,15H2,1H3. The van der Waals surface area contributed by atoms with Gasteiger partial charge in [-0.05, 0) is 23.6 Å². The number of carbonyl (C=O) groups excluding carboxylic acids is 1. The van der Waals surface area contributed by atoms with Crippen molar-refractivity contribution < 1.29 is 4.79 Å². The van der Waals surface area contributed by atoms with Crippen LogP contribution in [0.3, 0.4) is 0 Å². The molecular weight excluding hydrogens is 240 g/mol. The molecule has 0 saturated carbocycles. The quantitative estimate of drug-likeness (QED) is 0.780. The summed E-state index contributed by atoms with van der Waals surface area (Å²) in [5.41, 5.74) is 9.69. The molecule has 2 aromatic rings. The molecule has 1 aliphatic rings. The zero-order chi connectivity index (χ0) is 13.4. The number of amides is 1. The molecule has 5 nitrogen and oxygen atoms in total. The summed E-state index contributed by atoms with van der Waals surface area (Å²) in [4.78, 5) is 18.2. The molecule has 0 bridgehead atoms. The molecule has 0 unspecified atom stereocenters. The summed E-state index contributed by atoms with van der Waals surface area (Å²) < 4.78 is 1.74. The molecule has 1 amide bonds. The first-order chi connectivity index (χ1) is 9.16. The zero-order valence-corrected chi connectivity index (χ0v) is 10.8. The van der Waals surface area contributed by atoms with E-state index in [2.05, 4.69) is 11.1 Å². The van der Waals surface area contributed by atoms with Crippen LogP contribution in [0, 0.1) is 0 Å². The number of carbonyl (C=O) groups is 1. The Morgan fingerprint density at radius 2 is 2.26 bits per heavy atom. The van der Waals surface area contributed by atoms with Crippen molar-refractivity contribution in [3.8, 4) is 0 Å². The van der Waals surface area contributed by atoms with Gasteiger partial charge in [0.2, 0.25) is 0 Å². The normalized spacial score (nSPS) is 14.3. The van der Waals surface area contributed by atoms with E-state index in [1.165, 1.54) is 5.56 Å². The summed E-state index contributed by atoms with van der Waals surface area (Å²) in [7, 11) is 1.83. The van der Waals surface area contributed by atoms with Crippen LogP contribution in [0.1, 0.15) is 21.6 Å². The first kappa shape index (κ1) is 11.8. The van der Waals surface area contributed by atoms with E-state index in [-0.39, 0.29) is 5.91 Å². The van der Waals surface area contributed by atoms with Crippen molar-refractivity contribution in [2.24, 2.45) is 7.05 Å². The number of nitrogen functional groups attached to an aromatic ring is 1. The van der Waals surface area contributed by atoms with Gasteiger partial charge in [-0.2, -0.15) is 0 Å². The number of aromatic nitrogens is 2. The molecule has 1 aromatic heterocycles. The Balaban J connectivity index is 1.88. The maximum atomic E-state index is 12.4. The van der Waals surface area contributed by atoms with Crippen LogP contribution in [0.4, 0.5) is 5.69 Å². The average molecular weight is 256 g/mol. The van der Waals surface area contributed by atoms with Crippen LogP contribution in [-0.2, 0) is 20.0 Å². The molecule has 0 radical (unpaired) electrons. The van der Waals surface area contributed by atoms with Crippen LogP contribution in [0.5, 0.6) is 0 Å². The maximum Gasteiger partial charge on any atom is 0.272 e.